The quantitative estimate of drug-likeness (QED) is 0.0582. The van der Waals surface area contributed by atoms with Gasteiger partial charge in [-0.1, -0.05) is 129 Å². The van der Waals surface area contributed by atoms with Crippen LogP contribution in [0.15, 0.2) is 11.6 Å². The molecule has 7 heteroatoms. The predicted molar refractivity (Wildman–Crippen MR) is 190 cm³/mol. The van der Waals surface area contributed by atoms with E-state index in [1.54, 1.807) is 0 Å². The molecule has 1 saturated heterocycles. The summed E-state index contributed by atoms with van der Waals surface area (Å²) in [6.07, 6.45) is 30.2. The van der Waals surface area contributed by atoms with Crippen LogP contribution in [-0.4, -0.2) is 58.8 Å². The molecule has 47 heavy (non-hydrogen) atoms. The maximum atomic E-state index is 11.8. The van der Waals surface area contributed by atoms with Gasteiger partial charge in [0.05, 0.1) is 24.4 Å². The number of rotatable bonds is 30. The average molecular weight is 665 g/mol. The van der Waals surface area contributed by atoms with Crippen molar-refractivity contribution in [3.63, 3.8) is 0 Å². The summed E-state index contributed by atoms with van der Waals surface area (Å²) >= 11 is 0. The fourth-order valence-corrected chi connectivity index (χ4v) is 7.28. The van der Waals surface area contributed by atoms with Gasteiger partial charge in [0.2, 0.25) is 0 Å². The third-order valence-electron chi connectivity index (χ3n) is 10.0. The first-order valence-electron chi connectivity index (χ1n) is 19.9. The van der Waals surface area contributed by atoms with Crippen molar-refractivity contribution < 1.29 is 34.0 Å². The van der Waals surface area contributed by atoms with Gasteiger partial charge in [-0.05, 0) is 51.5 Å². The van der Waals surface area contributed by atoms with Gasteiger partial charge in [-0.25, -0.2) is 4.79 Å². The summed E-state index contributed by atoms with van der Waals surface area (Å²) in [5.74, 6) is -0.448. The second kappa shape index (κ2) is 26.4. The lowest BCUT2D eigenvalue weighted by atomic mass is 9.98. The van der Waals surface area contributed by atoms with Crippen molar-refractivity contribution in [1.29, 1.82) is 0 Å². The van der Waals surface area contributed by atoms with Crippen LogP contribution in [-0.2, 0) is 23.8 Å². The highest BCUT2D eigenvalue weighted by atomic mass is 16.6. The summed E-state index contributed by atoms with van der Waals surface area (Å²) in [6.45, 7) is 5.59. The number of aliphatic hydroxyl groups is 2. The van der Waals surface area contributed by atoms with Gasteiger partial charge in [0.25, 0.3) is 0 Å². The summed E-state index contributed by atoms with van der Waals surface area (Å²) in [4.78, 5) is 23.4. The van der Waals surface area contributed by atoms with Crippen molar-refractivity contribution >= 4 is 11.9 Å². The molecule has 0 radical (unpaired) electrons. The summed E-state index contributed by atoms with van der Waals surface area (Å²) < 4.78 is 17.0. The van der Waals surface area contributed by atoms with Crippen LogP contribution in [0.2, 0.25) is 0 Å². The highest BCUT2D eigenvalue weighted by Crippen LogP contribution is 2.29. The third-order valence-corrected chi connectivity index (χ3v) is 10.0. The Kier molecular flexibility index (Phi) is 23.5. The molecule has 2 aliphatic rings. The Morgan fingerprint density at radius 3 is 1.87 bits per heavy atom. The molecule has 2 N–H and O–H groups in total. The van der Waals surface area contributed by atoms with Gasteiger partial charge >= 0.3 is 11.9 Å². The van der Waals surface area contributed by atoms with E-state index in [0.29, 0.717) is 12.8 Å². The highest BCUT2D eigenvalue weighted by Gasteiger charge is 2.33. The number of hydrogen-bond donors (Lipinski definition) is 2. The lowest BCUT2D eigenvalue weighted by Crippen LogP contribution is -2.30. The lowest BCUT2D eigenvalue weighted by Gasteiger charge is -2.24. The maximum Gasteiger partial charge on any atom is 0.334 e. The first-order chi connectivity index (χ1) is 22.8. The Bertz CT molecular complexity index is 842. The van der Waals surface area contributed by atoms with Crippen molar-refractivity contribution in [2.45, 2.75) is 231 Å². The van der Waals surface area contributed by atoms with Crippen LogP contribution >= 0.6 is 0 Å². The molecule has 1 fully saturated rings. The van der Waals surface area contributed by atoms with E-state index in [4.69, 9.17) is 14.2 Å². The molecular weight excluding hydrogens is 592 g/mol. The number of aliphatic hydroxyl groups excluding tert-OH is 2. The van der Waals surface area contributed by atoms with Crippen molar-refractivity contribution in [1.82, 2.24) is 0 Å². The van der Waals surface area contributed by atoms with E-state index in [-0.39, 0.29) is 36.4 Å². The maximum absolute atomic E-state index is 11.8. The Balaban J connectivity index is 1.47. The normalized spacial score (nSPS) is 21.4. The molecule has 0 amide bonds. The van der Waals surface area contributed by atoms with E-state index in [9.17, 15) is 19.8 Å². The molecule has 0 aliphatic carbocycles. The zero-order valence-corrected chi connectivity index (χ0v) is 30.6. The molecule has 0 bridgehead atoms. The number of carbonyl (C=O) groups excluding carboxylic acids is 2. The van der Waals surface area contributed by atoms with Gasteiger partial charge in [-0.15, -0.1) is 0 Å². The minimum atomic E-state index is -0.483. The molecule has 6 atom stereocenters. The SMILES string of the molecule is CCCCCCCCCCCC[C@@H](O)[C@H]1CC[C@H](C[C@@H](C[C@@H](O)CCCCCCCCCCCCC2=C[C@@H](C)OC2=O)OC(C)=O)O1. The summed E-state index contributed by atoms with van der Waals surface area (Å²) in [5.41, 5.74) is 0.853. The molecule has 7 nitrogen and oxygen atoms in total. The summed E-state index contributed by atoms with van der Waals surface area (Å²) in [7, 11) is 0. The largest absolute Gasteiger partial charge is 0.462 e. The zero-order chi connectivity index (χ0) is 34.1. The number of hydrogen-bond acceptors (Lipinski definition) is 7. The second-order valence-electron chi connectivity index (χ2n) is 14.6. The fraction of sp³-hybridized carbons (Fsp3) is 0.900. The Labute approximate surface area is 288 Å². The van der Waals surface area contributed by atoms with Gasteiger partial charge in [0.1, 0.15) is 12.2 Å². The second-order valence-corrected chi connectivity index (χ2v) is 14.6. The Hall–Kier alpha value is -1.44. The summed E-state index contributed by atoms with van der Waals surface area (Å²) in [6, 6.07) is 0. The van der Waals surface area contributed by atoms with E-state index < -0.39 is 12.2 Å². The predicted octanol–water partition coefficient (Wildman–Crippen LogP) is 9.83. The zero-order valence-electron chi connectivity index (χ0n) is 30.6. The van der Waals surface area contributed by atoms with Gasteiger partial charge in [-0.2, -0.15) is 0 Å². The van der Waals surface area contributed by atoms with Crippen LogP contribution in [0.1, 0.15) is 194 Å². The molecule has 0 aromatic heterocycles. The van der Waals surface area contributed by atoms with Crippen LogP contribution in [0.3, 0.4) is 0 Å². The van der Waals surface area contributed by atoms with E-state index >= 15 is 0 Å². The van der Waals surface area contributed by atoms with E-state index in [1.807, 2.05) is 13.0 Å². The number of carbonyl (C=O) groups is 2. The molecule has 0 aromatic rings. The van der Waals surface area contributed by atoms with Crippen molar-refractivity contribution in [2.75, 3.05) is 0 Å². The smallest absolute Gasteiger partial charge is 0.334 e. The molecule has 0 saturated carbocycles. The van der Waals surface area contributed by atoms with Gasteiger partial charge in [0.15, 0.2) is 0 Å². The molecule has 0 spiro atoms. The van der Waals surface area contributed by atoms with Crippen molar-refractivity contribution in [3.05, 3.63) is 11.6 Å². The topological polar surface area (TPSA) is 102 Å². The van der Waals surface area contributed by atoms with Gasteiger partial charge in [-0.3, -0.25) is 4.79 Å². The van der Waals surface area contributed by atoms with Crippen molar-refractivity contribution in [2.24, 2.45) is 0 Å². The molecular formula is C40H72O7. The van der Waals surface area contributed by atoms with Crippen molar-refractivity contribution in [3.8, 4) is 0 Å². The lowest BCUT2D eigenvalue weighted by molar-refractivity contribution is -0.150. The van der Waals surface area contributed by atoms with Gasteiger partial charge < -0.3 is 24.4 Å². The number of cyclic esters (lactones) is 1. The monoisotopic (exact) mass is 665 g/mol. The van der Waals surface area contributed by atoms with Crippen LogP contribution < -0.4 is 0 Å². The highest BCUT2D eigenvalue weighted by molar-refractivity contribution is 5.90. The van der Waals surface area contributed by atoms with Crippen LogP contribution in [0, 0.1) is 0 Å². The molecule has 2 rings (SSSR count). The standard InChI is InChI=1S/C40H72O7/c1-4-5-6-7-8-9-14-17-20-23-26-38(43)39-28-27-36(47-39)31-37(46-33(3)41)30-35(42)25-22-19-16-13-11-10-12-15-18-21-24-34-29-32(2)45-40(34)44/h29,32,35-39,42-43H,4-28,30-31H2,1-3H3/t32-,35+,36-,37-,38-,39-/m1/s1. The van der Waals surface area contributed by atoms with Crippen LogP contribution in [0.5, 0.6) is 0 Å². The summed E-state index contributed by atoms with van der Waals surface area (Å²) in [5, 5.41) is 21.4. The third kappa shape index (κ3) is 20.6. The van der Waals surface area contributed by atoms with Gasteiger partial charge in [0, 0.05) is 25.3 Å². The average Bonchev–Trinajstić information content (AvgIpc) is 3.63. The fourth-order valence-electron chi connectivity index (χ4n) is 7.28. The van der Waals surface area contributed by atoms with E-state index in [0.717, 1.165) is 63.4 Å². The Morgan fingerprint density at radius 1 is 0.809 bits per heavy atom. The number of unbranched alkanes of at least 4 members (excludes halogenated alkanes) is 18. The minimum absolute atomic E-state index is 0.0359. The van der Waals surface area contributed by atoms with Crippen LogP contribution in [0.4, 0.5) is 0 Å². The first-order valence-corrected chi connectivity index (χ1v) is 19.9. The molecule has 0 unspecified atom stereocenters. The molecule has 0 aromatic carbocycles. The van der Waals surface area contributed by atoms with Crippen LogP contribution in [0.25, 0.3) is 0 Å². The molecule has 2 aliphatic heterocycles. The minimum Gasteiger partial charge on any atom is -0.462 e. The number of ether oxygens (including phenoxy) is 3. The van der Waals surface area contributed by atoms with E-state index in [2.05, 4.69) is 6.92 Å². The van der Waals surface area contributed by atoms with E-state index in [1.165, 1.54) is 110 Å². The molecule has 2 heterocycles. The first kappa shape index (κ1) is 41.7. The Morgan fingerprint density at radius 2 is 1.34 bits per heavy atom. The number of esters is 2. The molecule has 274 valence electrons.